The summed E-state index contributed by atoms with van der Waals surface area (Å²) in [4.78, 5) is 25.7. The summed E-state index contributed by atoms with van der Waals surface area (Å²) in [7, 11) is 0. The third-order valence-corrected chi connectivity index (χ3v) is 12.3. The van der Waals surface area contributed by atoms with Gasteiger partial charge >= 0.3 is 0 Å². The van der Waals surface area contributed by atoms with Crippen molar-refractivity contribution >= 4 is 0 Å². The Morgan fingerprint density at radius 3 is 1.39 bits per heavy atom. The van der Waals surface area contributed by atoms with E-state index in [4.69, 9.17) is 4.74 Å². The van der Waals surface area contributed by atoms with E-state index >= 15 is 0 Å². The van der Waals surface area contributed by atoms with Crippen molar-refractivity contribution in [2.45, 2.75) is 198 Å². The van der Waals surface area contributed by atoms with Crippen LogP contribution in [0.1, 0.15) is 197 Å². The normalized spacial score (nSPS) is 13.1. The number of phenols is 1. The molecule has 1 fully saturated rings. The summed E-state index contributed by atoms with van der Waals surface area (Å²) in [5.74, 6) is 0.0914. The highest BCUT2D eigenvalue weighted by Gasteiger charge is 2.26. The zero-order chi connectivity index (χ0) is 56.8. The molecule has 8 heteroatoms. The summed E-state index contributed by atoms with van der Waals surface area (Å²) in [6.07, 6.45) is 13.4. The Balaban J connectivity index is 0.000000432. The van der Waals surface area contributed by atoms with Gasteiger partial charge in [-0.2, -0.15) is 0 Å². The molecule has 2 aromatic carbocycles. The molecule has 2 N–H and O–H groups in total. The Labute approximate surface area is 449 Å². The fraction of sp³-hybridized carbons (Fsp3) is 0.515. The van der Waals surface area contributed by atoms with E-state index in [9.17, 15) is 14.3 Å². The average molecular weight is 1020 g/mol. The van der Waals surface area contributed by atoms with Crippen LogP contribution in [0.2, 0.25) is 0 Å². The van der Waals surface area contributed by atoms with Crippen LogP contribution in [0, 0.1) is 24.1 Å². The third-order valence-electron chi connectivity index (χ3n) is 12.3. The summed E-state index contributed by atoms with van der Waals surface area (Å²) in [6.45, 7) is 49.4. The number of halogens is 1. The highest BCUT2D eigenvalue weighted by molar-refractivity contribution is 5.38. The lowest BCUT2D eigenvalue weighted by molar-refractivity contribution is 0.0286. The van der Waals surface area contributed by atoms with Crippen molar-refractivity contribution < 1.29 is 14.2 Å². The maximum Gasteiger partial charge on any atom is 0.248 e. The second-order valence-corrected chi connectivity index (χ2v) is 26.4. The monoisotopic (exact) mass is 1010 g/mol. The van der Waals surface area contributed by atoms with E-state index in [0.717, 1.165) is 30.4 Å². The minimum absolute atomic E-state index is 0.0302. The number of aryl methyl sites for hydroxylation is 1. The summed E-state index contributed by atoms with van der Waals surface area (Å²) >= 11 is 0. The Bertz CT molecular complexity index is 2370. The Hall–Kier alpha value is -5.47. The van der Waals surface area contributed by atoms with Gasteiger partial charge < -0.3 is 14.8 Å². The number of ether oxygens (including phenoxy) is 1. The molecule has 7 nitrogen and oxygen atoms in total. The van der Waals surface area contributed by atoms with Gasteiger partial charge in [-0.25, -0.2) is 4.39 Å². The molecule has 1 saturated heterocycles. The fourth-order valence-corrected chi connectivity index (χ4v) is 7.11. The van der Waals surface area contributed by atoms with Gasteiger partial charge in [-0.3, -0.25) is 19.7 Å². The van der Waals surface area contributed by atoms with Crippen LogP contribution in [0.25, 0.3) is 0 Å². The van der Waals surface area contributed by atoms with Gasteiger partial charge in [0.05, 0.1) is 0 Å². The van der Waals surface area contributed by atoms with Crippen LogP contribution in [-0.2, 0) is 37.2 Å². The first-order valence-corrected chi connectivity index (χ1v) is 26.4. The van der Waals surface area contributed by atoms with Gasteiger partial charge in [-0.15, -0.1) is 0 Å². The summed E-state index contributed by atoms with van der Waals surface area (Å²) in [5, 5.41) is 9.36. The van der Waals surface area contributed by atoms with Crippen molar-refractivity contribution in [3.05, 3.63) is 189 Å². The van der Waals surface area contributed by atoms with E-state index in [1.54, 1.807) is 30.6 Å². The van der Waals surface area contributed by atoms with Gasteiger partial charge in [0.15, 0.2) is 11.6 Å². The molecule has 0 saturated carbocycles. The van der Waals surface area contributed by atoms with Crippen LogP contribution >= 0.6 is 0 Å². The molecule has 0 aliphatic carbocycles. The van der Waals surface area contributed by atoms with Crippen LogP contribution < -0.4 is 5.56 Å². The molecule has 408 valence electrons. The Morgan fingerprint density at radius 2 is 1.05 bits per heavy atom. The maximum absolute atomic E-state index is 12.9. The number of pyridine rings is 4. The minimum atomic E-state index is -0.553. The van der Waals surface area contributed by atoms with Crippen LogP contribution in [-0.4, -0.2) is 38.3 Å². The number of hydrogen-bond donors (Lipinski definition) is 2. The first kappa shape index (κ1) is 66.5. The van der Waals surface area contributed by atoms with Crippen LogP contribution in [0.15, 0.2) is 139 Å². The molecular formula is C66H99FN4O3. The van der Waals surface area contributed by atoms with Gasteiger partial charge in [0.25, 0.3) is 0 Å². The number of aromatic hydroxyl groups is 1. The molecule has 0 atom stereocenters. The molecule has 0 unspecified atom stereocenters. The molecule has 74 heavy (non-hydrogen) atoms. The fourth-order valence-electron chi connectivity index (χ4n) is 7.11. The van der Waals surface area contributed by atoms with Crippen molar-refractivity contribution in [3.8, 4) is 5.75 Å². The number of aromatic amines is 1. The molecule has 7 rings (SSSR count). The highest BCUT2D eigenvalue weighted by Crippen LogP contribution is 2.34. The van der Waals surface area contributed by atoms with Crippen molar-refractivity contribution in [2.75, 3.05) is 13.2 Å². The predicted molar refractivity (Wildman–Crippen MR) is 314 cm³/mol. The number of nitrogens with zero attached hydrogens (tertiary/aromatic N) is 3. The molecule has 5 heterocycles. The maximum atomic E-state index is 12.9. The average Bonchev–Trinajstić information content (AvgIpc) is 3.30. The molecule has 0 amide bonds. The number of nitrogens with one attached hydrogen (secondary N) is 1. The van der Waals surface area contributed by atoms with E-state index in [1.807, 2.05) is 69.8 Å². The van der Waals surface area contributed by atoms with Crippen molar-refractivity contribution in [1.29, 1.82) is 0 Å². The lowest BCUT2D eigenvalue weighted by Crippen LogP contribution is -2.27. The predicted octanol–water partition coefficient (Wildman–Crippen LogP) is 17.4. The zero-order valence-electron chi connectivity index (χ0n) is 50.1. The molecular weight excluding hydrogens is 916 g/mol. The molecule has 0 spiro atoms. The van der Waals surface area contributed by atoms with Crippen molar-refractivity contribution in [2.24, 2.45) is 11.3 Å². The van der Waals surface area contributed by atoms with E-state index in [-0.39, 0.29) is 43.8 Å². The summed E-state index contributed by atoms with van der Waals surface area (Å²) in [5.41, 5.74) is 9.48. The molecule has 0 radical (unpaired) electrons. The standard InChI is InChI=1S/C11H16.C10H13FO.C9H13NO.3C9H13N.C9H18O/c1-9-5-7-10(8-6-9)11(2,3)4;1-10(2,3)7-5-4-6-8(11)9(7)12;1-9(2,3)7-4-5-10-8(11)6-7;1-9(2,3)8-4-6-10-7-5-8;1-9(2,3)8-5-4-6-10-7-8;1-9(2,3)8-6-4-5-7-10-8;1-9(2,3)8-4-6-10-7-5-8/h5-8H,1-4H3;4-6,12H,1-3H3;4-6H,1-3H3,(H,10,11);3*4-7H,1-3H3;8H,4-7H2,1-3H3. The number of benzene rings is 2. The SMILES string of the molecule is CC(C)(C)C1CCOCC1.CC(C)(C)c1cc[nH]c(=O)c1.CC(C)(C)c1cccc(F)c1O.CC(C)(C)c1ccccn1.CC(C)(C)c1cccnc1.CC(C)(C)c1ccncc1.Cc1ccc(C(C)(C)C)cc1. The number of aromatic nitrogens is 4. The Morgan fingerprint density at radius 1 is 0.527 bits per heavy atom. The smallest absolute Gasteiger partial charge is 0.248 e. The van der Waals surface area contributed by atoms with Gasteiger partial charge in [0, 0.05) is 73.1 Å². The van der Waals surface area contributed by atoms with Gasteiger partial charge in [0.2, 0.25) is 5.56 Å². The van der Waals surface area contributed by atoms with E-state index in [0.29, 0.717) is 11.0 Å². The first-order chi connectivity index (χ1) is 33.8. The highest BCUT2D eigenvalue weighted by atomic mass is 19.1. The number of para-hydroxylation sites is 1. The third kappa shape index (κ3) is 27.2. The van der Waals surface area contributed by atoms with Crippen LogP contribution in [0.3, 0.4) is 0 Å². The zero-order valence-corrected chi connectivity index (χ0v) is 50.1. The first-order valence-electron chi connectivity index (χ1n) is 26.4. The topological polar surface area (TPSA) is 101 Å². The van der Waals surface area contributed by atoms with Gasteiger partial charge in [0.1, 0.15) is 0 Å². The number of phenolic OH excluding ortho intramolecular Hbond substituents is 1. The number of rotatable bonds is 0. The van der Waals surface area contributed by atoms with Crippen molar-refractivity contribution in [3.63, 3.8) is 0 Å². The lowest BCUT2D eigenvalue weighted by atomic mass is 9.76. The molecule has 1 aliphatic rings. The summed E-state index contributed by atoms with van der Waals surface area (Å²) < 4.78 is 18.2. The number of hydrogen-bond acceptors (Lipinski definition) is 6. The molecule has 4 aromatic heterocycles. The van der Waals surface area contributed by atoms with E-state index in [1.165, 1.54) is 41.2 Å². The number of H-pyrrole nitrogens is 1. The van der Waals surface area contributed by atoms with Crippen LogP contribution in [0.5, 0.6) is 5.75 Å². The Kier molecular flexibility index (Phi) is 26.6. The van der Waals surface area contributed by atoms with Crippen LogP contribution in [0.4, 0.5) is 4.39 Å². The van der Waals surface area contributed by atoms with E-state index in [2.05, 4.69) is 200 Å². The minimum Gasteiger partial charge on any atom is -0.505 e. The molecule has 6 aromatic rings. The van der Waals surface area contributed by atoms with Crippen molar-refractivity contribution in [1.82, 2.24) is 19.9 Å². The molecule has 0 bridgehead atoms. The van der Waals surface area contributed by atoms with E-state index < -0.39 is 5.82 Å². The second-order valence-electron chi connectivity index (χ2n) is 26.4. The largest absolute Gasteiger partial charge is 0.505 e. The van der Waals surface area contributed by atoms with Gasteiger partial charge in [-0.1, -0.05) is 199 Å². The second kappa shape index (κ2) is 29.6. The quantitative estimate of drug-likeness (QED) is 0.157. The van der Waals surface area contributed by atoms with Gasteiger partial charge in [-0.05, 0) is 123 Å². The summed E-state index contributed by atoms with van der Waals surface area (Å²) in [6, 6.07) is 31.1. The lowest BCUT2D eigenvalue weighted by Gasteiger charge is -2.33. The molecule has 1 aliphatic heterocycles.